The monoisotopic (exact) mass is 318 g/mol. The number of hydrogen-bond acceptors (Lipinski definition) is 3. The molecule has 0 heterocycles. The number of halogens is 1. The van der Waals surface area contributed by atoms with E-state index in [0.717, 1.165) is 5.56 Å². The first-order valence-electron chi connectivity index (χ1n) is 6.82. The van der Waals surface area contributed by atoms with Gasteiger partial charge in [-0.1, -0.05) is 48.9 Å². The number of nitrogens with one attached hydrogen (secondary N) is 1. The van der Waals surface area contributed by atoms with Crippen molar-refractivity contribution in [3.63, 3.8) is 0 Å². The van der Waals surface area contributed by atoms with Gasteiger partial charge < -0.3 is 5.32 Å². The predicted molar refractivity (Wildman–Crippen MR) is 86.2 cm³/mol. The zero-order valence-corrected chi connectivity index (χ0v) is 12.7. The fourth-order valence-electron chi connectivity index (χ4n) is 2.20. The zero-order chi connectivity index (χ0) is 16.1. The van der Waals surface area contributed by atoms with Crippen molar-refractivity contribution in [2.75, 3.05) is 5.32 Å². The van der Waals surface area contributed by atoms with Crippen LogP contribution in [0.4, 0.5) is 11.4 Å². The van der Waals surface area contributed by atoms with Crippen molar-refractivity contribution in [1.82, 2.24) is 0 Å². The first-order chi connectivity index (χ1) is 10.5. The highest BCUT2D eigenvalue weighted by molar-refractivity contribution is 6.34. The number of hydrogen-bond donors (Lipinski definition) is 1. The van der Waals surface area contributed by atoms with Crippen molar-refractivity contribution in [2.45, 2.75) is 19.3 Å². The first-order valence-corrected chi connectivity index (χ1v) is 7.20. The lowest BCUT2D eigenvalue weighted by Crippen LogP contribution is -2.20. The summed E-state index contributed by atoms with van der Waals surface area (Å²) in [7, 11) is 0. The minimum Gasteiger partial charge on any atom is -0.324 e. The summed E-state index contributed by atoms with van der Waals surface area (Å²) in [6.45, 7) is 1.93. The molecule has 1 amide bonds. The summed E-state index contributed by atoms with van der Waals surface area (Å²) in [5.41, 5.74) is 1.17. The van der Waals surface area contributed by atoms with Crippen LogP contribution in [-0.2, 0) is 4.79 Å². The summed E-state index contributed by atoms with van der Waals surface area (Å²) < 4.78 is 0. The quantitative estimate of drug-likeness (QED) is 0.656. The van der Waals surface area contributed by atoms with E-state index in [1.54, 1.807) is 0 Å². The number of anilines is 1. The first kappa shape index (κ1) is 16.0. The van der Waals surface area contributed by atoms with Gasteiger partial charge in [-0.15, -0.1) is 0 Å². The van der Waals surface area contributed by atoms with Crippen LogP contribution in [0.5, 0.6) is 0 Å². The molecular formula is C16H15ClN2O3. The molecule has 0 aliphatic heterocycles. The maximum absolute atomic E-state index is 12.4. The van der Waals surface area contributed by atoms with E-state index in [0.29, 0.717) is 12.1 Å². The Bertz CT molecular complexity index is 689. The van der Waals surface area contributed by atoms with Crippen LogP contribution in [0.15, 0.2) is 48.5 Å². The maximum atomic E-state index is 12.4. The van der Waals surface area contributed by atoms with Gasteiger partial charge in [0.25, 0.3) is 5.69 Å². The SMILES string of the molecule is CC[C@@H](C(=O)Nc1ccc([N+](=O)[O-])cc1Cl)c1ccccc1. The summed E-state index contributed by atoms with van der Waals surface area (Å²) in [6.07, 6.45) is 0.639. The second kappa shape index (κ2) is 7.04. The fourth-order valence-corrected chi connectivity index (χ4v) is 2.42. The number of benzene rings is 2. The Morgan fingerprint density at radius 3 is 2.50 bits per heavy atom. The summed E-state index contributed by atoms with van der Waals surface area (Å²) in [5, 5.41) is 13.6. The minimum absolute atomic E-state index is 0.113. The molecule has 0 bridgehead atoms. The van der Waals surface area contributed by atoms with Crippen molar-refractivity contribution in [3.05, 3.63) is 69.2 Å². The van der Waals surface area contributed by atoms with E-state index in [4.69, 9.17) is 11.6 Å². The van der Waals surface area contributed by atoms with Gasteiger partial charge in [-0.2, -0.15) is 0 Å². The summed E-state index contributed by atoms with van der Waals surface area (Å²) in [5.74, 6) is -0.489. The number of rotatable bonds is 5. The minimum atomic E-state index is -0.531. The molecule has 0 aliphatic carbocycles. The highest BCUT2D eigenvalue weighted by atomic mass is 35.5. The third-order valence-corrected chi connectivity index (χ3v) is 3.66. The molecule has 0 radical (unpaired) electrons. The van der Waals surface area contributed by atoms with Gasteiger partial charge in [0.2, 0.25) is 5.91 Å². The number of nitrogens with zero attached hydrogens (tertiary/aromatic N) is 1. The molecule has 22 heavy (non-hydrogen) atoms. The second-order valence-corrected chi connectivity index (χ2v) is 5.19. The number of nitro groups is 1. The molecule has 2 aromatic rings. The molecule has 0 unspecified atom stereocenters. The number of carbonyl (C=O) groups is 1. The maximum Gasteiger partial charge on any atom is 0.271 e. The molecule has 1 atom stereocenters. The van der Waals surface area contributed by atoms with E-state index in [1.165, 1.54) is 18.2 Å². The molecule has 0 saturated carbocycles. The Hall–Kier alpha value is -2.40. The van der Waals surface area contributed by atoms with Crippen LogP contribution in [0.2, 0.25) is 5.02 Å². The van der Waals surface area contributed by atoms with Gasteiger partial charge in [0, 0.05) is 12.1 Å². The molecule has 2 aromatic carbocycles. The van der Waals surface area contributed by atoms with Gasteiger partial charge in [0.15, 0.2) is 0 Å². The van der Waals surface area contributed by atoms with Crippen LogP contribution in [0.3, 0.4) is 0 Å². The molecule has 0 saturated heterocycles. The highest BCUT2D eigenvalue weighted by Crippen LogP contribution is 2.28. The molecular weight excluding hydrogens is 304 g/mol. The van der Waals surface area contributed by atoms with E-state index in [2.05, 4.69) is 5.32 Å². The van der Waals surface area contributed by atoms with Crippen LogP contribution in [0.1, 0.15) is 24.8 Å². The average Bonchev–Trinajstić information content (AvgIpc) is 2.51. The van der Waals surface area contributed by atoms with Gasteiger partial charge in [-0.05, 0) is 18.1 Å². The highest BCUT2D eigenvalue weighted by Gasteiger charge is 2.20. The number of non-ortho nitro benzene ring substituents is 1. The largest absolute Gasteiger partial charge is 0.324 e. The van der Waals surface area contributed by atoms with Gasteiger partial charge in [-0.3, -0.25) is 14.9 Å². The molecule has 0 aliphatic rings. The Morgan fingerprint density at radius 2 is 1.95 bits per heavy atom. The van der Waals surface area contributed by atoms with E-state index < -0.39 is 4.92 Å². The Morgan fingerprint density at radius 1 is 1.27 bits per heavy atom. The molecule has 114 valence electrons. The average molecular weight is 319 g/mol. The molecule has 0 spiro atoms. The Labute approximate surface area is 133 Å². The van der Waals surface area contributed by atoms with Crippen LogP contribution >= 0.6 is 11.6 Å². The van der Waals surface area contributed by atoms with E-state index in [-0.39, 0.29) is 22.5 Å². The third kappa shape index (κ3) is 3.62. The molecule has 6 heteroatoms. The van der Waals surface area contributed by atoms with E-state index in [1.807, 2.05) is 37.3 Å². The van der Waals surface area contributed by atoms with E-state index in [9.17, 15) is 14.9 Å². The second-order valence-electron chi connectivity index (χ2n) is 4.78. The summed E-state index contributed by atoms with van der Waals surface area (Å²) in [6, 6.07) is 13.4. The lowest BCUT2D eigenvalue weighted by atomic mass is 9.95. The Kier molecular flexibility index (Phi) is 5.12. The zero-order valence-electron chi connectivity index (χ0n) is 12.0. The van der Waals surface area contributed by atoms with Crippen molar-refractivity contribution >= 4 is 28.9 Å². The van der Waals surface area contributed by atoms with Crippen molar-refractivity contribution in [3.8, 4) is 0 Å². The fraction of sp³-hybridized carbons (Fsp3) is 0.188. The molecule has 2 rings (SSSR count). The van der Waals surface area contributed by atoms with Crippen LogP contribution in [-0.4, -0.2) is 10.8 Å². The number of carbonyl (C=O) groups excluding carboxylic acids is 1. The lowest BCUT2D eigenvalue weighted by molar-refractivity contribution is -0.384. The summed E-state index contributed by atoms with van der Waals surface area (Å²) in [4.78, 5) is 22.6. The topological polar surface area (TPSA) is 72.2 Å². The molecule has 0 fully saturated rings. The number of amides is 1. The lowest BCUT2D eigenvalue weighted by Gasteiger charge is -2.16. The van der Waals surface area contributed by atoms with Crippen LogP contribution < -0.4 is 5.32 Å². The van der Waals surface area contributed by atoms with Crippen molar-refractivity contribution < 1.29 is 9.72 Å². The predicted octanol–water partition coefficient (Wildman–Crippen LogP) is 4.38. The van der Waals surface area contributed by atoms with Crippen LogP contribution in [0, 0.1) is 10.1 Å². The summed E-state index contributed by atoms with van der Waals surface area (Å²) >= 11 is 5.99. The molecule has 5 nitrogen and oxygen atoms in total. The van der Waals surface area contributed by atoms with Gasteiger partial charge >= 0.3 is 0 Å². The molecule has 0 aromatic heterocycles. The molecule has 1 N–H and O–H groups in total. The van der Waals surface area contributed by atoms with Crippen LogP contribution in [0.25, 0.3) is 0 Å². The van der Waals surface area contributed by atoms with Gasteiger partial charge in [-0.25, -0.2) is 0 Å². The van der Waals surface area contributed by atoms with Crippen molar-refractivity contribution in [1.29, 1.82) is 0 Å². The normalized spacial score (nSPS) is 11.7. The van der Waals surface area contributed by atoms with Gasteiger partial charge in [0.05, 0.1) is 21.6 Å². The Balaban J connectivity index is 2.19. The van der Waals surface area contributed by atoms with Crippen molar-refractivity contribution in [2.24, 2.45) is 0 Å². The standard InChI is InChI=1S/C16H15ClN2O3/c1-2-13(11-6-4-3-5-7-11)16(20)18-15-9-8-12(19(21)22)10-14(15)17/h3-10,13H,2H2,1H3,(H,18,20)/t13-/m1/s1. The van der Waals surface area contributed by atoms with E-state index >= 15 is 0 Å². The smallest absolute Gasteiger partial charge is 0.271 e. The number of nitro benzene ring substituents is 1. The third-order valence-electron chi connectivity index (χ3n) is 3.35. The van der Waals surface area contributed by atoms with Gasteiger partial charge in [0.1, 0.15) is 0 Å².